The van der Waals surface area contributed by atoms with Crippen molar-refractivity contribution in [2.24, 2.45) is 0 Å². The smallest absolute Gasteiger partial charge is 0.126 e. The molecule has 0 atom stereocenters. The van der Waals surface area contributed by atoms with Crippen LogP contribution in [0.1, 0.15) is 68.1 Å². The van der Waals surface area contributed by atoms with Crippen molar-refractivity contribution >= 4 is 0 Å². The van der Waals surface area contributed by atoms with Crippen molar-refractivity contribution < 1.29 is 19.7 Å². The highest BCUT2D eigenvalue weighted by Crippen LogP contribution is 2.45. The molecule has 7 aromatic rings. The Bertz CT molecular complexity index is 2000. The summed E-state index contributed by atoms with van der Waals surface area (Å²) in [5, 5.41) is 19.9. The van der Waals surface area contributed by atoms with Gasteiger partial charge in [-0.25, -0.2) is 0 Å². The van der Waals surface area contributed by atoms with Gasteiger partial charge in [0.15, 0.2) is 0 Å². The maximum Gasteiger partial charge on any atom is 0.126 e. The zero-order valence-electron chi connectivity index (χ0n) is 32.1. The van der Waals surface area contributed by atoms with Crippen molar-refractivity contribution in [1.29, 1.82) is 0 Å². The molecule has 0 spiro atoms. The van der Waals surface area contributed by atoms with Gasteiger partial charge in [-0.1, -0.05) is 176 Å². The largest absolute Gasteiger partial charge is 0.491 e. The number of hydrogen-bond acceptors (Lipinski definition) is 4. The van der Waals surface area contributed by atoms with Gasteiger partial charge in [-0.3, -0.25) is 0 Å². The van der Waals surface area contributed by atoms with Crippen LogP contribution in [-0.2, 0) is 31.1 Å². The first-order valence-corrected chi connectivity index (χ1v) is 19.6. The van der Waals surface area contributed by atoms with Crippen molar-refractivity contribution in [1.82, 2.24) is 0 Å². The fourth-order valence-corrected chi connectivity index (χ4v) is 7.81. The lowest BCUT2D eigenvalue weighted by atomic mass is 9.69. The molecule has 0 aliphatic carbocycles. The van der Waals surface area contributed by atoms with Crippen LogP contribution in [0.25, 0.3) is 0 Å². The zero-order valence-corrected chi connectivity index (χ0v) is 32.1. The molecular formula is C52H50O4. The first kappa shape index (κ1) is 38.3. The Balaban J connectivity index is 1.50. The highest BCUT2D eigenvalue weighted by molar-refractivity contribution is 5.60. The predicted octanol–water partition coefficient (Wildman–Crippen LogP) is 10.1. The van der Waals surface area contributed by atoms with Crippen LogP contribution < -0.4 is 9.47 Å². The van der Waals surface area contributed by atoms with Gasteiger partial charge in [0.1, 0.15) is 24.7 Å². The highest BCUT2D eigenvalue weighted by Gasteiger charge is 2.34. The zero-order chi connectivity index (χ0) is 38.6. The molecule has 2 N–H and O–H groups in total. The van der Waals surface area contributed by atoms with Crippen molar-refractivity contribution in [2.75, 3.05) is 26.4 Å². The van der Waals surface area contributed by atoms with Gasteiger partial charge in [-0.05, 0) is 68.1 Å². The minimum Gasteiger partial charge on any atom is -0.491 e. The Morgan fingerprint density at radius 1 is 0.375 bits per heavy atom. The third kappa shape index (κ3) is 9.12. The molecule has 282 valence electrons. The van der Waals surface area contributed by atoms with E-state index >= 15 is 0 Å². The third-order valence-electron chi connectivity index (χ3n) is 10.6. The maximum absolute atomic E-state index is 9.96. The van der Waals surface area contributed by atoms with Crippen LogP contribution in [0.5, 0.6) is 11.5 Å². The predicted molar refractivity (Wildman–Crippen MR) is 227 cm³/mol. The van der Waals surface area contributed by atoms with Gasteiger partial charge in [0.25, 0.3) is 0 Å². The van der Waals surface area contributed by atoms with E-state index in [1.807, 2.05) is 24.3 Å². The Hall–Kier alpha value is -5.94. The Kier molecular flexibility index (Phi) is 12.7. The molecule has 0 saturated carbocycles. The molecule has 0 unspecified atom stereocenters. The van der Waals surface area contributed by atoms with Crippen molar-refractivity contribution in [3.8, 4) is 11.5 Å². The lowest BCUT2D eigenvalue weighted by molar-refractivity contribution is 0.199. The lowest BCUT2D eigenvalue weighted by Crippen LogP contribution is -2.27. The summed E-state index contributed by atoms with van der Waals surface area (Å²) in [6.07, 6.45) is 2.70. The van der Waals surface area contributed by atoms with E-state index < -0.39 is 5.41 Å². The van der Waals surface area contributed by atoms with E-state index in [9.17, 15) is 10.2 Å². The summed E-state index contributed by atoms with van der Waals surface area (Å²) in [7, 11) is 0. The van der Waals surface area contributed by atoms with Crippen molar-refractivity contribution in [3.05, 3.63) is 237 Å². The molecule has 4 nitrogen and oxygen atoms in total. The number of rotatable bonds is 17. The maximum atomic E-state index is 9.96. The van der Waals surface area contributed by atoms with Gasteiger partial charge >= 0.3 is 0 Å². The van der Waals surface area contributed by atoms with Crippen molar-refractivity contribution in [3.63, 3.8) is 0 Å². The number of hydrogen-bond donors (Lipinski definition) is 2. The van der Waals surface area contributed by atoms with Gasteiger partial charge < -0.3 is 19.7 Å². The molecule has 4 heteroatoms. The SMILES string of the molecule is CC(c1ccccc1)(c1cc(Cc2ccccc2)c(OCCO)c(Cc2ccccc2)c1)c1cc(Cc2ccccc2)c(OCCO)c(Cc2ccccc2)c1. The average molecular weight is 739 g/mol. The third-order valence-corrected chi connectivity index (χ3v) is 10.6. The van der Waals surface area contributed by atoms with Crippen LogP contribution in [0, 0.1) is 0 Å². The first-order chi connectivity index (χ1) is 27.5. The fraction of sp³-hybridized carbons (Fsp3) is 0.192. The van der Waals surface area contributed by atoms with Crippen molar-refractivity contribution in [2.45, 2.75) is 38.0 Å². The molecule has 0 amide bonds. The van der Waals surface area contributed by atoms with Crippen LogP contribution in [0.3, 0.4) is 0 Å². The summed E-state index contributed by atoms with van der Waals surface area (Å²) in [5.41, 5.74) is 11.9. The van der Waals surface area contributed by atoms with E-state index in [1.165, 1.54) is 27.8 Å². The number of aliphatic hydroxyl groups excluding tert-OH is 2. The van der Waals surface area contributed by atoms with Gasteiger partial charge in [-0.2, -0.15) is 0 Å². The summed E-state index contributed by atoms with van der Waals surface area (Å²) in [4.78, 5) is 0. The molecule has 0 aliphatic rings. The minimum absolute atomic E-state index is 0.0713. The number of aliphatic hydroxyl groups is 2. The van der Waals surface area contributed by atoms with Crippen LogP contribution in [0.2, 0.25) is 0 Å². The summed E-state index contributed by atoms with van der Waals surface area (Å²) in [6, 6.07) is 62.2. The van der Waals surface area contributed by atoms with Crippen LogP contribution in [0.15, 0.2) is 176 Å². The summed E-state index contributed by atoms with van der Waals surface area (Å²) in [6.45, 7) is 2.61. The molecule has 0 aliphatic heterocycles. The molecule has 0 bridgehead atoms. The highest BCUT2D eigenvalue weighted by atomic mass is 16.5. The molecule has 0 aromatic heterocycles. The molecule has 0 fully saturated rings. The molecule has 7 aromatic carbocycles. The minimum atomic E-state index is -0.611. The quantitative estimate of drug-likeness (QED) is 0.0914. The topological polar surface area (TPSA) is 58.9 Å². The second-order valence-corrected chi connectivity index (χ2v) is 14.5. The molecular weight excluding hydrogens is 689 g/mol. The normalized spacial score (nSPS) is 11.3. The molecule has 56 heavy (non-hydrogen) atoms. The van der Waals surface area contributed by atoms with Crippen LogP contribution >= 0.6 is 0 Å². The summed E-state index contributed by atoms with van der Waals surface area (Å²) < 4.78 is 13.0. The molecule has 0 saturated heterocycles. The van der Waals surface area contributed by atoms with E-state index in [1.54, 1.807) is 0 Å². The lowest BCUT2D eigenvalue weighted by Gasteiger charge is -2.35. The van der Waals surface area contributed by atoms with E-state index in [4.69, 9.17) is 9.47 Å². The van der Waals surface area contributed by atoms with Gasteiger partial charge in [0.2, 0.25) is 0 Å². The van der Waals surface area contributed by atoms with Crippen LogP contribution in [0.4, 0.5) is 0 Å². The Morgan fingerprint density at radius 2 is 0.643 bits per heavy atom. The van der Waals surface area contributed by atoms with Gasteiger partial charge in [-0.15, -0.1) is 0 Å². The first-order valence-electron chi connectivity index (χ1n) is 19.6. The van der Waals surface area contributed by atoms with E-state index in [-0.39, 0.29) is 26.4 Å². The number of ether oxygens (including phenoxy) is 2. The standard InChI is InChI=1S/C52H50O4/c1-52(47-25-15-6-16-26-47,48-35-43(31-39-17-7-2-8-18-39)50(55-29-27-53)44(36-48)32-40-19-9-3-10-20-40)49-37-45(33-41-21-11-4-12-22-41)51(56-30-28-54)46(38-49)34-42-23-13-5-14-24-42/h2-26,35-38,53-54H,27-34H2,1H3. The Labute approximate surface area is 331 Å². The van der Waals surface area contributed by atoms with Gasteiger partial charge in [0.05, 0.1) is 13.2 Å². The van der Waals surface area contributed by atoms with Crippen LogP contribution in [-0.4, -0.2) is 36.6 Å². The molecule has 0 radical (unpaired) electrons. The second kappa shape index (κ2) is 18.6. The van der Waals surface area contributed by atoms with E-state index in [0.29, 0.717) is 25.7 Å². The summed E-state index contributed by atoms with van der Waals surface area (Å²) in [5.74, 6) is 1.65. The summed E-state index contributed by atoms with van der Waals surface area (Å²) >= 11 is 0. The number of benzene rings is 7. The monoisotopic (exact) mass is 738 g/mol. The second-order valence-electron chi connectivity index (χ2n) is 14.5. The Morgan fingerprint density at radius 3 is 0.911 bits per heavy atom. The molecule has 0 heterocycles. The van der Waals surface area contributed by atoms with E-state index in [0.717, 1.165) is 44.9 Å². The van der Waals surface area contributed by atoms with Gasteiger partial charge in [0, 0.05) is 31.1 Å². The fourth-order valence-electron chi connectivity index (χ4n) is 7.81. The molecule has 7 rings (SSSR count). The van der Waals surface area contributed by atoms with E-state index in [2.05, 4.69) is 159 Å². The average Bonchev–Trinajstić information content (AvgIpc) is 3.24.